The molecule has 1 amide bonds. The average molecular weight is 313 g/mol. The number of hydrogen-bond donors (Lipinski definition) is 1. The molecule has 0 spiro atoms. The van der Waals surface area contributed by atoms with Crippen molar-refractivity contribution in [1.82, 2.24) is 5.32 Å². The Morgan fingerprint density at radius 2 is 1.70 bits per heavy atom. The summed E-state index contributed by atoms with van der Waals surface area (Å²) in [4.78, 5) is 23.6. The highest BCUT2D eigenvalue weighted by molar-refractivity contribution is 5.97. The van der Waals surface area contributed by atoms with Gasteiger partial charge in [-0.1, -0.05) is 18.2 Å². The number of esters is 1. The van der Waals surface area contributed by atoms with Crippen LogP contribution in [0.15, 0.2) is 48.5 Å². The lowest BCUT2D eigenvalue weighted by Gasteiger charge is -2.07. The topological polar surface area (TPSA) is 64.6 Å². The van der Waals surface area contributed by atoms with Crippen molar-refractivity contribution in [2.75, 3.05) is 20.8 Å². The molecule has 0 aliphatic heterocycles. The molecule has 2 aromatic carbocycles. The van der Waals surface area contributed by atoms with Crippen molar-refractivity contribution in [3.63, 3.8) is 0 Å². The molecule has 120 valence electrons. The molecule has 5 nitrogen and oxygen atoms in total. The van der Waals surface area contributed by atoms with Gasteiger partial charge < -0.3 is 14.8 Å². The van der Waals surface area contributed by atoms with Gasteiger partial charge in [-0.2, -0.15) is 0 Å². The minimum atomic E-state index is -0.460. The smallest absolute Gasteiger partial charge is 0.337 e. The van der Waals surface area contributed by atoms with Gasteiger partial charge >= 0.3 is 5.97 Å². The largest absolute Gasteiger partial charge is 0.497 e. The van der Waals surface area contributed by atoms with Crippen molar-refractivity contribution in [2.45, 2.75) is 6.42 Å². The van der Waals surface area contributed by atoms with Crippen molar-refractivity contribution in [3.8, 4) is 5.75 Å². The van der Waals surface area contributed by atoms with Crippen LogP contribution in [0.3, 0.4) is 0 Å². The van der Waals surface area contributed by atoms with E-state index in [1.807, 2.05) is 24.3 Å². The summed E-state index contributed by atoms with van der Waals surface area (Å²) in [7, 11) is 2.93. The lowest BCUT2D eigenvalue weighted by molar-refractivity contribution is 0.0600. The van der Waals surface area contributed by atoms with Crippen LogP contribution in [0.25, 0.3) is 0 Å². The maximum atomic E-state index is 12.1. The van der Waals surface area contributed by atoms with Crippen molar-refractivity contribution < 1.29 is 19.1 Å². The van der Waals surface area contributed by atoms with Crippen molar-refractivity contribution >= 4 is 11.9 Å². The molecule has 0 saturated heterocycles. The van der Waals surface area contributed by atoms with Crippen LogP contribution in [-0.4, -0.2) is 32.6 Å². The summed E-state index contributed by atoms with van der Waals surface area (Å²) in [6.07, 6.45) is 0.715. The van der Waals surface area contributed by atoms with E-state index in [0.29, 0.717) is 24.1 Å². The van der Waals surface area contributed by atoms with Gasteiger partial charge in [-0.05, 0) is 42.3 Å². The maximum Gasteiger partial charge on any atom is 0.337 e. The molecule has 23 heavy (non-hydrogen) atoms. The SMILES string of the molecule is COC(=O)c1cccc(C(=O)NCCc2ccc(OC)cc2)c1. The second kappa shape index (κ2) is 7.98. The van der Waals surface area contributed by atoms with Crippen LogP contribution in [-0.2, 0) is 11.2 Å². The minimum Gasteiger partial charge on any atom is -0.497 e. The lowest BCUT2D eigenvalue weighted by atomic mass is 10.1. The Kier molecular flexibility index (Phi) is 5.74. The van der Waals surface area contributed by atoms with Gasteiger partial charge in [0.05, 0.1) is 19.8 Å². The third-order valence-electron chi connectivity index (χ3n) is 3.40. The van der Waals surface area contributed by atoms with Gasteiger partial charge in [0.25, 0.3) is 5.91 Å². The predicted molar refractivity (Wildman–Crippen MR) is 86.8 cm³/mol. The van der Waals surface area contributed by atoms with Gasteiger partial charge in [0.2, 0.25) is 0 Å². The molecule has 2 aromatic rings. The summed E-state index contributed by atoms with van der Waals surface area (Å²) in [5, 5.41) is 2.84. The van der Waals surface area contributed by atoms with E-state index in [0.717, 1.165) is 11.3 Å². The molecule has 0 radical (unpaired) electrons. The third kappa shape index (κ3) is 4.57. The Bertz CT molecular complexity index is 680. The maximum absolute atomic E-state index is 12.1. The second-order valence-electron chi connectivity index (χ2n) is 4.93. The molecule has 0 fully saturated rings. The van der Waals surface area contributed by atoms with Gasteiger partial charge in [-0.25, -0.2) is 4.79 Å². The van der Waals surface area contributed by atoms with Gasteiger partial charge in [-0.3, -0.25) is 4.79 Å². The predicted octanol–water partition coefficient (Wildman–Crippen LogP) is 2.45. The molecule has 0 bridgehead atoms. The van der Waals surface area contributed by atoms with Crippen LogP contribution in [0.2, 0.25) is 0 Å². The van der Waals surface area contributed by atoms with E-state index in [-0.39, 0.29) is 5.91 Å². The van der Waals surface area contributed by atoms with Crippen LogP contribution in [0.5, 0.6) is 5.75 Å². The minimum absolute atomic E-state index is 0.218. The quantitative estimate of drug-likeness (QED) is 0.832. The van der Waals surface area contributed by atoms with E-state index in [1.165, 1.54) is 13.2 Å². The highest BCUT2D eigenvalue weighted by Gasteiger charge is 2.10. The first-order valence-corrected chi connectivity index (χ1v) is 7.23. The Balaban J connectivity index is 1.90. The molecule has 0 heterocycles. The van der Waals surface area contributed by atoms with E-state index < -0.39 is 5.97 Å². The van der Waals surface area contributed by atoms with Crippen molar-refractivity contribution in [1.29, 1.82) is 0 Å². The first-order valence-electron chi connectivity index (χ1n) is 7.23. The fourth-order valence-corrected chi connectivity index (χ4v) is 2.12. The number of nitrogens with one attached hydrogen (secondary N) is 1. The Morgan fingerprint density at radius 3 is 2.35 bits per heavy atom. The number of carbonyl (C=O) groups is 2. The average Bonchev–Trinajstić information content (AvgIpc) is 2.61. The van der Waals surface area contributed by atoms with Crippen LogP contribution >= 0.6 is 0 Å². The summed E-state index contributed by atoms with van der Waals surface area (Å²) < 4.78 is 9.75. The summed E-state index contributed by atoms with van der Waals surface area (Å²) >= 11 is 0. The summed E-state index contributed by atoms with van der Waals surface area (Å²) in [6, 6.07) is 14.1. The van der Waals surface area contributed by atoms with Crippen molar-refractivity contribution in [3.05, 3.63) is 65.2 Å². The normalized spacial score (nSPS) is 10.0. The van der Waals surface area contributed by atoms with Gasteiger partial charge in [-0.15, -0.1) is 0 Å². The zero-order valence-corrected chi connectivity index (χ0v) is 13.2. The summed E-state index contributed by atoms with van der Waals surface area (Å²) in [5.41, 5.74) is 1.90. The van der Waals surface area contributed by atoms with Crippen LogP contribution in [0.1, 0.15) is 26.3 Å². The third-order valence-corrected chi connectivity index (χ3v) is 3.40. The van der Waals surface area contributed by atoms with E-state index in [2.05, 4.69) is 10.1 Å². The highest BCUT2D eigenvalue weighted by Crippen LogP contribution is 2.11. The molecule has 0 unspecified atom stereocenters. The molecule has 0 aromatic heterocycles. The highest BCUT2D eigenvalue weighted by atomic mass is 16.5. The first-order chi connectivity index (χ1) is 11.1. The standard InChI is InChI=1S/C18H19NO4/c1-22-16-8-6-13(7-9-16)10-11-19-17(20)14-4-3-5-15(12-14)18(21)23-2/h3-9,12H,10-11H2,1-2H3,(H,19,20). The molecule has 0 atom stereocenters. The number of hydrogen-bond acceptors (Lipinski definition) is 4. The van der Waals surface area contributed by atoms with E-state index in [9.17, 15) is 9.59 Å². The Hall–Kier alpha value is -2.82. The zero-order valence-electron chi connectivity index (χ0n) is 13.2. The number of ether oxygens (including phenoxy) is 2. The van der Waals surface area contributed by atoms with E-state index >= 15 is 0 Å². The number of benzene rings is 2. The van der Waals surface area contributed by atoms with Crippen molar-refractivity contribution in [2.24, 2.45) is 0 Å². The Morgan fingerprint density at radius 1 is 1.00 bits per heavy atom. The van der Waals surface area contributed by atoms with E-state index in [4.69, 9.17) is 4.74 Å². The molecular weight excluding hydrogens is 294 g/mol. The second-order valence-corrected chi connectivity index (χ2v) is 4.93. The van der Waals surface area contributed by atoms with Gasteiger partial charge in [0.15, 0.2) is 0 Å². The zero-order chi connectivity index (χ0) is 16.7. The van der Waals surface area contributed by atoms with Gasteiger partial charge in [0, 0.05) is 12.1 Å². The molecule has 0 aliphatic rings. The molecule has 1 N–H and O–H groups in total. The molecule has 5 heteroatoms. The molecule has 0 aliphatic carbocycles. The fourth-order valence-electron chi connectivity index (χ4n) is 2.12. The van der Waals surface area contributed by atoms with Crippen LogP contribution in [0.4, 0.5) is 0 Å². The number of methoxy groups -OCH3 is 2. The number of carbonyl (C=O) groups excluding carboxylic acids is 2. The monoisotopic (exact) mass is 313 g/mol. The lowest BCUT2D eigenvalue weighted by Crippen LogP contribution is -2.25. The molecular formula is C18H19NO4. The summed E-state index contributed by atoms with van der Waals surface area (Å²) in [6.45, 7) is 0.508. The van der Waals surface area contributed by atoms with E-state index in [1.54, 1.807) is 25.3 Å². The van der Waals surface area contributed by atoms with Crippen LogP contribution < -0.4 is 10.1 Å². The number of amides is 1. The first kappa shape index (κ1) is 16.5. The van der Waals surface area contributed by atoms with Gasteiger partial charge in [0.1, 0.15) is 5.75 Å². The molecule has 0 saturated carbocycles. The van der Waals surface area contributed by atoms with Crippen LogP contribution in [0, 0.1) is 0 Å². The fraction of sp³-hybridized carbons (Fsp3) is 0.222. The summed E-state index contributed by atoms with van der Waals surface area (Å²) in [5.74, 6) is 0.125. The Labute approximate surface area is 135 Å². The number of rotatable bonds is 6. The molecule has 2 rings (SSSR count).